The Balaban J connectivity index is 1.13. The first-order chi connectivity index (χ1) is 49.4. The number of hydrogen-bond acceptors (Lipinski definition) is 18. The number of aryl methyl sites for hydroxylation is 2. The largest absolute Gasteiger partial charge is 0.481 e. The second kappa shape index (κ2) is 39.5. The molecule has 6 rings (SSSR count). The minimum absolute atomic E-state index is 0.0352. The molecule has 6 aromatic rings. The van der Waals surface area contributed by atoms with E-state index in [4.69, 9.17) is 11.5 Å². The van der Waals surface area contributed by atoms with Gasteiger partial charge >= 0.3 is 11.9 Å². The first-order valence-electron chi connectivity index (χ1n) is 33.2. The maximum absolute atomic E-state index is 14.4. The lowest BCUT2D eigenvalue weighted by Crippen LogP contribution is -2.63. The van der Waals surface area contributed by atoms with Crippen LogP contribution in [0.2, 0.25) is 0 Å². The number of primary amides is 1. The zero-order valence-electron chi connectivity index (χ0n) is 57.7. The number of imidazole rings is 1. The van der Waals surface area contributed by atoms with Gasteiger partial charge in [-0.15, -0.1) is 0 Å². The van der Waals surface area contributed by atoms with E-state index in [1.807, 2.05) is 74.5 Å². The average molecular weight is 1440 g/mol. The molecule has 20 N–H and O–H groups in total. The number of H-pyrrole nitrogens is 1. The quantitative estimate of drug-likeness (QED) is 0.0199. The Hall–Kier alpha value is -11.7. The number of aromatic amines is 1. The Morgan fingerprint density at radius 1 is 0.462 bits per heavy atom. The van der Waals surface area contributed by atoms with Crippen molar-refractivity contribution in [3.8, 4) is 22.3 Å². The highest BCUT2D eigenvalue weighted by atomic mass is 16.4. The van der Waals surface area contributed by atoms with Crippen molar-refractivity contribution in [2.24, 2.45) is 11.5 Å². The Bertz CT molecular complexity index is 3990. The highest BCUT2D eigenvalue weighted by molar-refractivity contribution is 6.00. The van der Waals surface area contributed by atoms with Gasteiger partial charge in [-0.2, -0.15) is 0 Å². The summed E-state index contributed by atoms with van der Waals surface area (Å²) in [5.74, 6) is -15.0. The molecule has 0 spiro atoms. The van der Waals surface area contributed by atoms with Gasteiger partial charge in [0.15, 0.2) is 0 Å². The number of carbonyl (C=O) groups is 13. The first kappa shape index (κ1) is 81.2. The Morgan fingerprint density at radius 3 is 1.39 bits per heavy atom. The number of aliphatic hydroxyl groups is 3. The van der Waals surface area contributed by atoms with Gasteiger partial charge in [0.25, 0.3) is 0 Å². The minimum Gasteiger partial charge on any atom is -0.481 e. The molecule has 0 aliphatic heterocycles. The predicted octanol–water partition coefficient (Wildman–Crippen LogP) is -1.96. The molecule has 0 bridgehead atoms. The monoisotopic (exact) mass is 1440 g/mol. The lowest BCUT2D eigenvalue weighted by atomic mass is 9.96. The zero-order chi connectivity index (χ0) is 76.3. The van der Waals surface area contributed by atoms with Crippen LogP contribution in [0.3, 0.4) is 0 Å². The van der Waals surface area contributed by atoms with Gasteiger partial charge in [0.2, 0.25) is 65.0 Å². The van der Waals surface area contributed by atoms with Crippen molar-refractivity contribution in [1.29, 1.82) is 0 Å². The standard InChI is InChI=1S/C72H88N14O18/c1-38-13-9-11-17-49(38)46-23-19-44(20-24-46)29-53(63(74)95)80-67(99)54(31-45-21-25-47(26-22-45)50-18-12-10-14-39(50)2)81-68(100)56(33-60(93)94)82-70(102)57(36-87)84-72(104)62(42(5)89)86-69(101)55(30-43-15-7-6-8-16-43)83-71(103)61(41(4)88)85-58(90)35-76-66(98)52(27-28-59(91)92)79-64(96)40(3)78-65(97)51(73)32-48-34-75-37-77-48/h6-26,34,37,40-42,51-57,61-62,87-89H,27-33,35-36,73H2,1-5H3,(H2,74,95)(H,75,77)(H,76,98)(H,78,97)(H,79,96)(H,80,99)(H,81,100)(H,82,102)(H,83,103)(H,84,104)(H,85,90)(H,86,101)(H,91,92)(H,93,94)/t40-,41+,42+,51-,52-,53-,54-,55-,56-,57-,61-,62-/m0/s1. The third kappa shape index (κ3) is 25.1. The van der Waals surface area contributed by atoms with Crippen molar-refractivity contribution in [3.05, 3.63) is 173 Å². The molecule has 32 heteroatoms. The maximum atomic E-state index is 14.4. The van der Waals surface area contributed by atoms with Crippen LogP contribution in [0.4, 0.5) is 0 Å². The highest BCUT2D eigenvalue weighted by Gasteiger charge is 2.37. The fraction of sp³-hybridized carbons (Fsp3) is 0.361. The van der Waals surface area contributed by atoms with E-state index in [0.717, 1.165) is 47.2 Å². The number of nitrogens with two attached hydrogens (primary N) is 2. The topological polar surface area (TPSA) is 524 Å². The molecule has 1 heterocycles. The summed E-state index contributed by atoms with van der Waals surface area (Å²) in [6.07, 6.45) is -3.61. The van der Waals surface area contributed by atoms with E-state index in [2.05, 4.69) is 63.1 Å². The predicted molar refractivity (Wildman–Crippen MR) is 376 cm³/mol. The van der Waals surface area contributed by atoms with Gasteiger partial charge in [-0.3, -0.25) is 62.3 Å². The van der Waals surface area contributed by atoms with Crippen molar-refractivity contribution in [1.82, 2.24) is 63.1 Å². The van der Waals surface area contributed by atoms with Crippen LogP contribution in [-0.4, -0.2) is 198 Å². The SMILES string of the molecule is Cc1ccccc1-c1ccc(C[C@H](NC(=O)[C@H](Cc2ccc(-c3ccccc3C)cc2)NC(=O)[C@H](CC(=O)O)NC(=O)[C@H](CO)NC(=O)[C@@H](NC(=O)[C@H](Cc2ccccc2)NC(=O)[C@@H](NC(=O)CNC(=O)[C@H](CCC(=O)O)NC(=O)[C@H](C)NC(=O)[C@@H](N)Cc2cnc[nH]2)[C@@H](C)O)[C@@H](C)O)C(N)=O)cc1. The van der Waals surface area contributed by atoms with E-state index in [9.17, 15) is 87.9 Å². The third-order valence-electron chi connectivity index (χ3n) is 16.7. The summed E-state index contributed by atoms with van der Waals surface area (Å²) >= 11 is 0. The molecule has 0 radical (unpaired) electrons. The Labute approximate surface area is 598 Å². The van der Waals surface area contributed by atoms with Crippen LogP contribution >= 0.6 is 0 Å². The molecule has 11 amide bonds. The number of carboxylic acid groups (broad SMARTS) is 2. The molecule has 104 heavy (non-hydrogen) atoms. The Morgan fingerprint density at radius 2 is 0.904 bits per heavy atom. The fourth-order valence-corrected chi connectivity index (χ4v) is 10.8. The lowest BCUT2D eigenvalue weighted by molar-refractivity contribution is -0.142. The summed E-state index contributed by atoms with van der Waals surface area (Å²) < 4.78 is 0. The maximum Gasteiger partial charge on any atom is 0.305 e. The molecule has 0 saturated carbocycles. The molecular formula is C72H88N14O18. The summed E-state index contributed by atoms with van der Waals surface area (Å²) in [6.45, 7) is 5.15. The fourth-order valence-electron chi connectivity index (χ4n) is 10.8. The van der Waals surface area contributed by atoms with Crippen molar-refractivity contribution in [3.63, 3.8) is 0 Å². The molecule has 0 unspecified atom stereocenters. The molecule has 0 saturated heterocycles. The van der Waals surface area contributed by atoms with Crippen LogP contribution in [0.1, 0.15) is 73.5 Å². The highest BCUT2D eigenvalue weighted by Crippen LogP contribution is 2.26. The average Bonchev–Trinajstić information content (AvgIpc) is 0.885. The number of carboxylic acids is 2. The Kier molecular flexibility index (Phi) is 30.8. The van der Waals surface area contributed by atoms with E-state index >= 15 is 0 Å². The summed E-state index contributed by atoms with van der Waals surface area (Å²) in [7, 11) is 0. The number of aliphatic carboxylic acids is 2. The number of carbonyl (C=O) groups excluding carboxylic acids is 11. The summed E-state index contributed by atoms with van der Waals surface area (Å²) in [5, 5.41) is 75.0. The minimum atomic E-state index is -2.04. The van der Waals surface area contributed by atoms with Gasteiger partial charge in [-0.25, -0.2) is 4.98 Å². The van der Waals surface area contributed by atoms with E-state index < -0.39 is 182 Å². The van der Waals surface area contributed by atoms with Crippen LogP contribution in [0.5, 0.6) is 0 Å². The van der Waals surface area contributed by atoms with Crippen molar-refractivity contribution < 1.29 is 87.9 Å². The number of aliphatic hydroxyl groups excluding tert-OH is 3. The molecule has 0 aliphatic carbocycles. The summed E-state index contributed by atoms with van der Waals surface area (Å²) in [6, 6.07) is 20.9. The second-order valence-electron chi connectivity index (χ2n) is 25.0. The number of aromatic nitrogens is 2. The van der Waals surface area contributed by atoms with Crippen molar-refractivity contribution in [2.45, 2.75) is 152 Å². The molecule has 554 valence electrons. The van der Waals surface area contributed by atoms with Crippen LogP contribution in [0, 0.1) is 13.8 Å². The summed E-state index contributed by atoms with van der Waals surface area (Å²) in [5.41, 5.74) is 19.5. The van der Waals surface area contributed by atoms with E-state index in [-0.39, 0.29) is 25.7 Å². The van der Waals surface area contributed by atoms with Crippen LogP contribution < -0.4 is 64.6 Å². The number of hydrogen-bond donors (Lipinski definition) is 18. The zero-order valence-corrected chi connectivity index (χ0v) is 57.7. The molecule has 32 nitrogen and oxygen atoms in total. The summed E-state index contributed by atoms with van der Waals surface area (Å²) in [4.78, 5) is 181. The molecule has 1 aromatic heterocycles. The molecule has 5 aromatic carbocycles. The molecule has 0 aliphatic rings. The number of nitrogens with one attached hydrogen (secondary N) is 11. The van der Waals surface area contributed by atoms with E-state index in [1.165, 1.54) is 19.4 Å². The van der Waals surface area contributed by atoms with Gasteiger partial charge in [0, 0.05) is 44.0 Å². The van der Waals surface area contributed by atoms with E-state index in [0.29, 0.717) is 22.4 Å². The third-order valence-corrected chi connectivity index (χ3v) is 16.7. The normalized spacial score (nSPS) is 14.5. The lowest BCUT2D eigenvalue weighted by Gasteiger charge is -2.28. The molecular weight excluding hydrogens is 1350 g/mol. The van der Waals surface area contributed by atoms with Gasteiger partial charge in [-0.1, -0.05) is 127 Å². The van der Waals surface area contributed by atoms with Crippen LogP contribution in [0.25, 0.3) is 22.3 Å². The smallest absolute Gasteiger partial charge is 0.305 e. The van der Waals surface area contributed by atoms with E-state index in [1.54, 1.807) is 66.7 Å². The van der Waals surface area contributed by atoms with Crippen LogP contribution in [0.15, 0.2) is 140 Å². The van der Waals surface area contributed by atoms with Gasteiger partial charge in [-0.05, 0) is 91.1 Å². The van der Waals surface area contributed by atoms with Gasteiger partial charge in [0.05, 0.1) is 44.1 Å². The number of nitrogens with zero attached hydrogens (tertiary/aromatic N) is 1. The van der Waals surface area contributed by atoms with Gasteiger partial charge < -0.3 is 95.2 Å². The molecule has 12 atom stereocenters. The molecule has 0 fully saturated rings. The number of rotatable bonds is 39. The second-order valence-corrected chi connectivity index (χ2v) is 25.0. The van der Waals surface area contributed by atoms with Crippen molar-refractivity contribution >= 4 is 76.9 Å². The van der Waals surface area contributed by atoms with Crippen molar-refractivity contribution in [2.75, 3.05) is 13.2 Å². The number of benzene rings is 5. The number of amides is 11. The van der Waals surface area contributed by atoms with Crippen LogP contribution in [-0.2, 0) is 88.0 Å². The first-order valence-corrected chi connectivity index (χ1v) is 33.2. The van der Waals surface area contributed by atoms with Gasteiger partial charge in [0.1, 0.15) is 54.4 Å².